The molecule has 0 fully saturated rings. The highest BCUT2D eigenvalue weighted by Crippen LogP contribution is 2.08. The fourth-order valence-corrected chi connectivity index (χ4v) is 1.42. The van der Waals surface area contributed by atoms with E-state index < -0.39 is 0 Å². The topological polar surface area (TPSA) is 68.2 Å². The van der Waals surface area contributed by atoms with E-state index in [0.717, 1.165) is 11.3 Å². The second-order valence-electron chi connectivity index (χ2n) is 4.71. The fourth-order valence-electron chi connectivity index (χ4n) is 1.42. The molecule has 0 aliphatic rings. The number of aryl methyl sites for hydroxylation is 1. The Bertz CT molecular complexity index is 495. The molecule has 5 nitrogen and oxygen atoms in total. The zero-order valence-electron chi connectivity index (χ0n) is 9.86. The number of hydrogen-bond acceptors (Lipinski definition) is 4. The number of aromatic nitrogens is 3. The monoisotopic (exact) mass is 219 g/mol. The van der Waals surface area contributed by atoms with Crippen LogP contribution in [0.3, 0.4) is 0 Å². The van der Waals surface area contributed by atoms with Gasteiger partial charge in [0, 0.05) is 17.8 Å². The van der Waals surface area contributed by atoms with Crippen LogP contribution in [0.25, 0.3) is 5.65 Å². The van der Waals surface area contributed by atoms with Crippen molar-refractivity contribution < 1.29 is 0 Å². The van der Waals surface area contributed by atoms with Gasteiger partial charge < -0.3 is 11.1 Å². The Morgan fingerprint density at radius 1 is 1.44 bits per heavy atom. The van der Waals surface area contributed by atoms with Gasteiger partial charge in [0.15, 0.2) is 5.65 Å². The highest BCUT2D eigenvalue weighted by Gasteiger charge is 2.12. The molecule has 0 unspecified atom stereocenters. The summed E-state index contributed by atoms with van der Waals surface area (Å²) in [6.07, 6.45) is 0. The molecule has 16 heavy (non-hydrogen) atoms. The van der Waals surface area contributed by atoms with E-state index in [1.54, 1.807) is 0 Å². The lowest BCUT2D eigenvalue weighted by Crippen LogP contribution is -2.39. The first kappa shape index (κ1) is 10.9. The Kier molecular flexibility index (Phi) is 2.55. The van der Waals surface area contributed by atoms with Crippen molar-refractivity contribution in [3.63, 3.8) is 0 Å². The zero-order chi connectivity index (χ0) is 11.8. The fraction of sp³-hybridized carbons (Fsp3) is 0.455. The van der Waals surface area contributed by atoms with Gasteiger partial charge in [-0.1, -0.05) is 6.07 Å². The minimum absolute atomic E-state index is 0.271. The summed E-state index contributed by atoms with van der Waals surface area (Å²) >= 11 is 0. The van der Waals surface area contributed by atoms with Crippen molar-refractivity contribution in [2.75, 3.05) is 11.9 Å². The highest BCUT2D eigenvalue weighted by atomic mass is 15.4. The van der Waals surface area contributed by atoms with E-state index in [2.05, 4.69) is 15.4 Å². The smallest absolute Gasteiger partial charge is 0.243 e. The number of rotatable bonds is 3. The summed E-state index contributed by atoms with van der Waals surface area (Å²) in [7, 11) is 0. The van der Waals surface area contributed by atoms with Crippen molar-refractivity contribution in [2.24, 2.45) is 5.73 Å². The van der Waals surface area contributed by atoms with Crippen LogP contribution in [0.5, 0.6) is 0 Å². The molecule has 0 aromatic carbocycles. The molecule has 3 N–H and O–H groups in total. The van der Waals surface area contributed by atoms with E-state index in [0.29, 0.717) is 12.5 Å². The molecule has 86 valence electrons. The Morgan fingerprint density at radius 2 is 2.19 bits per heavy atom. The van der Waals surface area contributed by atoms with Crippen molar-refractivity contribution in [2.45, 2.75) is 26.3 Å². The molecule has 0 spiro atoms. The van der Waals surface area contributed by atoms with Crippen LogP contribution in [0.1, 0.15) is 19.5 Å². The van der Waals surface area contributed by atoms with Gasteiger partial charge in [0.25, 0.3) is 0 Å². The van der Waals surface area contributed by atoms with Crippen molar-refractivity contribution in [3.05, 3.63) is 23.9 Å². The van der Waals surface area contributed by atoms with E-state index in [9.17, 15) is 0 Å². The molecule has 0 saturated carbocycles. The quantitative estimate of drug-likeness (QED) is 0.813. The van der Waals surface area contributed by atoms with E-state index in [1.165, 1.54) is 0 Å². The summed E-state index contributed by atoms with van der Waals surface area (Å²) in [6, 6.07) is 5.90. The van der Waals surface area contributed by atoms with Crippen LogP contribution in [0, 0.1) is 6.92 Å². The van der Waals surface area contributed by atoms with Gasteiger partial charge in [-0.3, -0.25) is 0 Å². The lowest BCUT2D eigenvalue weighted by atomic mass is 10.1. The first-order valence-corrected chi connectivity index (χ1v) is 5.31. The SMILES string of the molecule is Cc1cccc2nc(NCC(C)(C)N)nn12. The summed E-state index contributed by atoms with van der Waals surface area (Å²) in [6.45, 7) is 6.56. The predicted molar refractivity (Wildman–Crippen MR) is 64.5 cm³/mol. The number of anilines is 1. The number of nitrogens with zero attached hydrogens (tertiary/aromatic N) is 3. The third-order valence-electron chi connectivity index (χ3n) is 2.25. The molecule has 0 bridgehead atoms. The number of fused-ring (bicyclic) bond motifs is 1. The van der Waals surface area contributed by atoms with Gasteiger partial charge in [-0.15, -0.1) is 5.10 Å². The Balaban J connectivity index is 2.24. The Hall–Kier alpha value is -1.62. The summed E-state index contributed by atoms with van der Waals surface area (Å²) in [5.74, 6) is 0.618. The molecule has 2 heterocycles. The summed E-state index contributed by atoms with van der Waals surface area (Å²) < 4.78 is 1.81. The first-order valence-electron chi connectivity index (χ1n) is 5.31. The highest BCUT2D eigenvalue weighted by molar-refractivity contribution is 5.44. The van der Waals surface area contributed by atoms with Crippen LogP contribution >= 0.6 is 0 Å². The molecule has 2 aromatic heterocycles. The molecule has 0 amide bonds. The Morgan fingerprint density at radius 3 is 2.81 bits per heavy atom. The van der Waals surface area contributed by atoms with Gasteiger partial charge in [-0.2, -0.15) is 4.98 Å². The maximum atomic E-state index is 5.88. The van der Waals surface area contributed by atoms with E-state index in [4.69, 9.17) is 5.73 Å². The lowest BCUT2D eigenvalue weighted by Gasteiger charge is -2.17. The van der Waals surface area contributed by atoms with Crippen LogP contribution in [0.4, 0.5) is 5.95 Å². The van der Waals surface area contributed by atoms with Crippen LogP contribution in [-0.2, 0) is 0 Å². The summed E-state index contributed by atoms with van der Waals surface area (Å²) in [4.78, 5) is 4.36. The molecule has 0 atom stereocenters. The van der Waals surface area contributed by atoms with Gasteiger partial charge >= 0.3 is 0 Å². The van der Waals surface area contributed by atoms with Crippen LogP contribution in [0.2, 0.25) is 0 Å². The number of pyridine rings is 1. The van der Waals surface area contributed by atoms with Crippen molar-refractivity contribution in [1.29, 1.82) is 0 Å². The second kappa shape index (κ2) is 3.75. The third kappa shape index (κ3) is 2.30. The van der Waals surface area contributed by atoms with E-state index >= 15 is 0 Å². The van der Waals surface area contributed by atoms with Crippen LogP contribution in [0.15, 0.2) is 18.2 Å². The lowest BCUT2D eigenvalue weighted by molar-refractivity contribution is 0.547. The van der Waals surface area contributed by atoms with Crippen molar-refractivity contribution in [3.8, 4) is 0 Å². The average Bonchev–Trinajstić information content (AvgIpc) is 2.58. The zero-order valence-corrected chi connectivity index (χ0v) is 9.86. The number of nitrogens with two attached hydrogens (primary N) is 1. The minimum Gasteiger partial charge on any atom is -0.351 e. The largest absolute Gasteiger partial charge is 0.351 e. The molecular weight excluding hydrogens is 202 g/mol. The summed E-state index contributed by atoms with van der Waals surface area (Å²) in [5.41, 5.74) is 7.52. The Labute approximate surface area is 94.7 Å². The van der Waals surface area contributed by atoms with E-state index in [1.807, 2.05) is 43.5 Å². The first-order chi connectivity index (χ1) is 7.46. The number of nitrogens with one attached hydrogen (secondary N) is 1. The molecule has 0 radical (unpaired) electrons. The number of hydrogen-bond donors (Lipinski definition) is 2. The molecule has 2 aromatic rings. The summed E-state index contributed by atoms with van der Waals surface area (Å²) in [5, 5.41) is 7.49. The van der Waals surface area contributed by atoms with Gasteiger partial charge in [0.2, 0.25) is 5.95 Å². The average molecular weight is 219 g/mol. The molecule has 0 saturated heterocycles. The van der Waals surface area contributed by atoms with Crippen LogP contribution < -0.4 is 11.1 Å². The maximum absolute atomic E-state index is 5.88. The van der Waals surface area contributed by atoms with Crippen LogP contribution in [-0.4, -0.2) is 26.7 Å². The van der Waals surface area contributed by atoms with Gasteiger partial charge in [-0.05, 0) is 32.9 Å². The molecule has 0 aliphatic heterocycles. The normalized spacial score (nSPS) is 12.0. The molecule has 5 heteroatoms. The second-order valence-corrected chi connectivity index (χ2v) is 4.71. The standard InChI is InChI=1S/C11H17N5/c1-8-5-4-6-9-14-10(15-16(8)9)13-7-11(2,3)12/h4-6H,7,12H2,1-3H3,(H,13,15). The van der Waals surface area contributed by atoms with Crippen molar-refractivity contribution >= 4 is 11.6 Å². The molecule has 0 aliphatic carbocycles. The third-order valence-corrected chi connectivity index (χ3v) is 2.25. The van der Waals surface area contributed by atoms with Gasteiger partial charge in [0.05, 0.1) is 0 Å². The predicted octanol–water partition coefficient (Wildman–Crippen LogP) is 1.19. The minimum atomic E-state index is -0.271. The van der Waals surface area contributed by atoms with E-state index in [-0.39, 0.29) is 5.54 Å². The van der Waals surface area contributed by atoms with Gasteiger partial charge in [0.1, 0.15) is 0 Å². The molecule has 2 rings (SSSR count). The maximum Gasteiger partial charge on any atom is 0.243 e. The van der Waals surface area contributed by atoms with Crippen molar-refractivity contribution in [1.82, 2.24) is 14.6 Å². The van der Waals surface area contributed by atoms with Gasteiger partial charge in [-0.25, -0.2) is 4.52 Å². The molecular formula is C11H17N5.